The topological polar surface area (TPSA) is 70.4 Å². The molecule has 0 unspecified atom stereocenters. The molecule has 0 aliphatic rings. The number of benzene rings is 1. The van der Waals surface area contributed by atoms with Gasteiger partial charge in [0.05, 0.1) is 23.5 Å². The summed E-state index contributed by atoms with van der Waals surface area (Å²) in [5, 5.41) is 15.2. The van der Waals surface area contributed by atoms with Crippen molar-refractivity contribution in [3.05, 3.63) is 42.2 Å². The van der Waals surface area contributed by atoms with Crippen molar-refractivity contribution in [2.75, 3.05) is 25.5 Å². The Morgan fingerprint density at radius 2 is 2.17 bits per heavy atom. The predicted molar refractivity (Wildman–Crippen MR) is 77.3 cm³/mol. The standard InChI is InChI=1S/C14H15F3N4O2/c1-20(7-8-22)13(23)19-11-9-10(14(15,16)17)3-4-12(11)21-6-2-5-18-21/h2-6,9,22H,7-8H2,1H3,(H,19,23). The average molecular weight is 328 g/mol. The van der Waals surface area contributed by atoms with Crippen LogP contribution in [0.3, 0.4) is 0 Å². The monoisotopic (exact) mass is 328 g/mol. The first-order valence-electron chi connectivity index (χ1n) is 6.67. The average Bonchev–Trinajstić information content (AvgIpc) is 3.00. The van der Waals surface area contributed by atoms with Gasteiger partial charge in [-0.15, -0.1) is 0 Å². The molecule has 0 aliphatic carbocycles. The van der Waals surface area contributed by atoms with E-state index in [0.29, 0.717) is 5.69 Å². The zero-order valence-electron chi connectivity index (χ0n) is 12.2. The van der Waals surface area contributed by atoms with Crippen LogP contribution in [0.1, 0.15) is 5.56 Å². The van der Waals surface area contributed by atoms with E-state index >= 15 is 0 Å². The van der Waals surface area contributed by atoms with Crippen LogP contribution >= 0.6 is 0 Å². The third-order valence-corrected chi connectivity index (χ3v) is 3.10. The van der Waals surface area contributed by atoms with Crippen LogP contribution in [-0.2, 0) is 6.18 Å². The number of alkyl halides is 3. The van der Waals surface area contributed by atoms with Gasteiger partial charge in [0.15, 0.2) is 0 Å². The van der Waals surface area contributed by atoms with Crippen molar-refractivity contribution in [2.45, 2.75) is 6.18 Å². The zero-order chi connectivity index (χ0) is 17.0. The molecule has 0 atom stereocenters. The van der Waals surface area contributed by atoms with E-state index in [1.54, 1.807) is 12.3 Å². The van der Waals surface area contributed by atoms with Crippen LogP contribution in [0.5, 0.6) is 0 Å². The van der Waals surface area contributed by atoms with Gasteiger partial charge in [0.1, 0.15) is 0 Å². The van der Waals surface area contributed by atoms with Gasteiger partial charge in [-0.2, -0.15) is 18.3 Å². The SMILES string of the molecule is CN(CCO)C(=O)Nc1cc(C(F)(F)F)ccc1-n1cccn1. The molecule has 9 heteroatoms. The number of urea groups is 1. The summed E-state index contributed by atoms with van der Waals surface area (Å²) in [5.74, 6) is 0. The van der Waals surface area contributed by atoms with Crippen molar-refractivity contribution >= 4 is 11.7 Å². The van der Waals surface area contributed by atoms with E-state index in [1.165, 1.54) is 24.0 Å². The Morgan fingerprint density at radius 1 is 1.43 bits per heavy atom. The van der Waals surface area contributed by atoms with Crippen LogP contribution in [0.4, 0.5) is 23.7 Å². The highest BCUT2D eigenvalue weighted by Gasteiger charge is 2.31. The lowest BCUT2D eigenvalue weighted by Crippen LogP contribution is -2.33. The molecule has 0 bridgehead atoms. The number of amides is 2. The minimum Gasteiger partial charge on any atom is -0.395 e. The van der Waals surface area contributed by atoms with E-state index in [1.807, 2.05) is 0 Å². The number of carbonyl (C=O) groups excluding carboxylic acids is 1. The van der Waals surface area contributed by atoms with Crippen molar-refractivity contribution in [2.24, 2.45) is 0 Å². The molecule has 0 fully saturated rings. The number of rotatable bonds is 4. The highest BCUT2D eigenvalue weighted by Crippen LogP contribution is 2.33. The molecule has 2 rings (SSSR count). The summed E-state index contributed by atoms with van der Waals surface area (Å²) in [6, 6.07) is 3.98. The Labute approximate surface area is 130 Å². The number of nitrogens with zero attached hydrogens (tertiary/aromatic N) is 3. The Bertz CT molecular complexity index is 671. The van der Waals surface area contributed by atoms with E-state index in [9.17, 15) is 18.0 Å². The number of aliphatic hydroxyl groups is 1. The van der Waals surface area contributed by atoms with E-state index < -0.39 is 17.8 Å². The van der Waals surface area contributed by atoms with E-state index in [0.717, 1.165) is 17.0 Å². The first-order valence-corrected chi connectivity index (χ1v) is 6.67. The number of hydrogen-bond acceptors (Lipinski definition) is 3. The fraction of sp³-hybridized carbons (Fsp3) is 0.286. The summed E-state index contributed by atoms with van der Waals surface area (Å²) < 4.78 is 40.0. The van der Waals surface area contributed by atoms with Crippen molar-refractivity contribution in [1.29, 1.82) is 0 Å². The smallest absolute Gasteiger partial charge is 0.395 e. The highest BCUT2D eigenvalue weighted by molar-refractivity contribution is 5.91. The van der Waals surface area contributed by atoms with Gasteiger partial charge in [0.2, 0.25) is 0 Å². The molecule has 0 saturated carbocycles. The van der Waals surface area contributed by atoms with Crippen LogP contribution < -0.4 is 5.32 Å². The molecular weight excluding hydrogens is 313 g/mol. The number of aromatic nitrogens is 2. The molecule has 2 amide bonds. The molecular formula is C14H15F3N4O2. The predicted octanol–water partition coefficient (Wildman–Crippen LogP) is 2.35. The normalized spacial score (nSPS) is 11.3. The quantitative estimate of drug-likeness (QED) is 0.905. The maximum Gasteiger partial charge on any atom is 0.416 e. The number of carbonyl (C=O) groups is 1. The van der Waals surface area contributed by atoms with Gasteiger partial charge >= 0.3 is 12.2 Å². The summed E-state index contributed by atoms with van der Waals surface area (Å²) >= 11 is 0. The molecule has 1 aromatic heterocycles. The zero-order valence-corrected chi connectivity index (χ0v) is 12.2. The fourth-order valence-corrected chi connectivity index (χ4v) is 1.89. The number of aliphatic hydroxyl groups excluding tert-OH is 1. The van der Waals surface area contributed by atoms with Gasteiger partial charge in [-0.3, -0.25) is 0 Å². The molecule has 1 aromatic carbocycles. The van der Waals surface area contributed by atoms with Crippen LogP contribution in [-0.4, -0.2) is 46.0 Å². The van der Waals surface area contributed by atoms with Crippen molar-refractivity contribution in [3.63, 3.8) is 0 Å². The minimum atomic E-state index is -4.53. The summed E-state index contributed by atoms with van der Waals surface area (Å²) in [6.45, 7) is -0.194. The second kappa shape index (κ2) is 6.69. The van der Waals surface area contributed by atoms with Crippen LogP contribution in [0.15, 0.2) is 36.7 Å². The summed E-state index contributed by atoms with van der Waals surface area (Å²) in [6.07, 6.45) is -1.50. The Kier molecular flexibility index (Phi) is 4.89. The first-order chi connectivity index (χ1) is 10.8. The largest absolute Gasteiger partial charge is 0.416 e. The number of nitrogens with one attached hydrogen (secondary N) is 1. The van der Waals surface area contributed by atoms with Gasteiger partial charge in [0.25, 0.3) is 0 Å². The number of halogens is 3. The minimum absolute atomic E-state index is 0.0293. The number of likely N-dealkylation sites (N-methyl/N-ethyl adjacent to an activating group) is 1. The molecule has 0 saturated heterocycles. The Balaban J connectivity index is 2.39. The Morgan fingerprint density at radius 3 is 2.74 bits per heavy atom. The first kappa shape index (κ1) is 16.8. The number of hydrogen-bond donors (Lipinski definition) is 2. The third-order valence-electron chi connectivity index (χ3n) is 3.10. The molecule has 0 radical (unpaired) electrons. The second-order valence-electron chi connectivity index (χ2n) is 4.76. The molecule has 0 aliphatic heterocycles. The lowest BCUT2D eigenvalue weighted by molar-refractivity contribution is -0.137. The summed E-state index contributed by atoms with van der Waals surface area (Å²) in [7, 11) is 1.42. The van der Waals surface area contributed by atoms with Gasteiger partial charge in [-0.25, -0.2) is 9.48 Å². The second-order valence-corrected chi connectivity index (χ2v) is 4.76. The molecule has 1 heterocycles. The van der Waals surface area contributed by atoms with E-state index in [4.69, 9.17) is 5.11 Å². The van der Waals surface area contributed by atoms with Crippen LogP contribution in [0, 0.1) is 0 Å². The van der Waals surface area contributed by atoms with Gasteiger partial charge in [-0.05, 0) is 24.3 Å². The van der Waals surface area contributed by atoms with Gasteiger partial charge < -0.3 is 15.3 Å². The van der Waals surface area contributed by atoms with E-state index in [-0.39, 0.29) is 18.8 Å². The van der Waals surface area contributed by atoms with Gasteiger partial charge in [-0.1, -0.05) is 0 Å². The molecule has 6 nitrogen and oxygen atoms in total. The van der Waals surface area contributed by atoms with E-state index in [2.05, 4.69) is 10.4 Å². The maximum absolute atomic E-state index is 12.9. The summed E-state index contributed by atoms with van der Waals surface area (Å²) in [4.78, 5) is 13.1. The molecule has 124 valence electrons. The summed E-state index contributed by atoms with van der Waals surface area (Å²) in [5.41, 5.74) is -0.611. The number of anilines is 1. The molecule has 2 aromatic rings. The van der Waals surface area contributed by atoms with Gasteiger partial charge in [0, 0.05) is 26.0 Å². The third kappa shape index (κ3) is 4.01. The van der Waals surface area contributed by atoms with Crippen molar-refractivity contribution in [3.8, 4) is 5.69 Å². The highest BCUT2D eigenvalue weighted by atomic mass is 19.4. The molecule has 2 N–H and O–H groups in total. The van der Waals surface area contributed by atoms with Crippen LogP contribution in [0.25, 0.3) is 5.69 Å². The molecule has 23 heavy (non-hydrogen) atoms. The van der Waals surface area contributed by atoms with Crippen molar-refractivity contribution < 1.29 is 23.1 Å². The molecule has 0 spiro atoms. The lowest BCUT2D eigenvalue weighted by atomic mass is 10.1. The van der Waals surface area contributed by atoms with Crippen LogP contribution in [0.2, 0.25) is 0 Å². The maximum atomic E-state index is 12.9. The lowest BCUT2D eigenvalue weighted by Gasteiger charge is -2.19. The van der Waals surface area contributed by atoms with Crippen molar-refractivity contribution in [1.82, 2.24) is 14.7 Å². The Hall–Kier alpha value is -2.55. The fourth-order valence-electron chi connectivity index (χ4n) is 1.89.